The molecule has 2 heterocycles. The number of carbonyl (C=O) groups excluding carboxylic acids is 2. The number of carbonyl (C=O) groups is 2. The lowest BCUT2D eigenvalue weighted by atomic mass is 9.85. The van der Waals surface area contributed by atoms with Crippen LogP contribution in [0.3, 0.4) is 0 Å². The van der Waals surface area contributed by atoms with Gasteiger partial charge in [-0.15, -0.1) is 0 Å². The fraction of sp³-hybridized carbons (Fsp3) is 0.290. The van der Waals surface area contributed by atoms with Crippen molar-refractivity contribution in [1.82, 2.24) is 15.2 Å². The molecule has 10 heteroatoms. The topological polar surface area (TPSA) is 119 Å². The second kappa shape index (κ2) is 12.1. The molecule has 1 aliphatic rings. The van der Waals surface area contributed by atoms with E-state index in [-0.39, 0.29) is 11.8 Å². The third-order valence-corrected chi connectivity index (χ3v) is 7.92. The van der Waals surface area contributed by atoms with E-state index >= 15 is 0 Å². The largest absolute Gasteiger partial charge is 0.457 e. The Hall–Kier alpha value is -4.30. The molecule has 3 aromatic carbocycles. The molecule has 1 aliphatic heterocycles. The van der Waals surface area contributed by atoms with Crippen LogP contribution in [0.4, 0.5) is 10.8 Å². The Morgan fingerprint density at radius 2 is 1.90 bits per heavy atom. The molecular formula is C31H32N6O3S. The van der Waals surface area contributed by atoms with Crippen molar-refractivity contribution in [2.75, 3.05) is 43.4 Å². The fourth-order valence-electron chi connectivity index (χ4n) is 4.48. The van der Waals surface area contributed by atoms with Gasteiger partial charge in [0.15, 0.2) is 5.13 Å². The maximum absolute atomic E-state index is 13.0. The Labute approximate surface area is 243 Å². The number of hydrogen-bond acceptors (Lipinski definition) is 8. The van der Waals surface area contributed by atoms with Gasteiger partial charge in [-0.3, -0.25) is 14.5 Å². The number of ether oxygens (including phenoxy) is 1. The maximum atomic E-state index is 13.0. The Bertz CT molecular complexity index is 1630. The minimum Gasteiger partial charge on any atom is -0.457 e. The van der Waals surface area contributed by atoms with Crippen molar-refractivity contribution in [1.29, 1.82) is 5.26 Å². The van der Waals surface area contributed by atoms with Crippen LogP contribution in [0.25, 0.3) is 10.2 Å². The minimum absolute atomic E-state index is 0.0718. The first-order chi connectivity index (χ1) is 19.7. The Morgan fingerprint density at radius 3 is 2.68 bits per heavy atom. The average Bonchev–Trinajstić information content (AvgIpc) is 3.36. The predicted octanol–water partition coefficient (Wildman–Crippen LogP) is 5.29. The van der Waals surface area contributed by atoms with E-state index in [2.05, 4.69) is 31.9 Å². The molecule has 5 rings (SSSR count). The summed E-state index contributed by atoms with van der Waals surface area (Å²) in [6.45, 7) is 9.42. The van der Waals surface area contributed by atoms with Gasteiger partial charge in [-0.2, -0.15) is 5.26 Å². The van der Waals surface area contributed by atoms with Gasteiger partial charge in [-0.25, -0.2) is 4.98 Å². The van der Waals surface area contributed by atoms with E-state index in [1.165, 1.54) is 11.3 Å². The number of hydrogen-bond donors (Lipinski definition) is 3. The predicted molar refractivity (Wildman–Crippen MR) is 162 cm³/mol. The number of amides is 2. The monoisotopic (exact) mass is 568 g/mol. The Kier molecular flexibility index (Phi) is 8.31. The van der Waals surface area contributed by atoms with Crippen molar-refractivity contribution in [3.8, 4) is 17.6 Å². The molecule has 3 N–H and O–H groups in total. The molecule has 0 saturated carbocycles. The first-order valence-corrected chi connectivity index (χ1v) is 14.3. The lowest BCUT2D eigenvalue weighted by molar-refractivity contribution is -0.117. The molecule has 0 atom stereocenters. The highest BCUT2D eigenvalue weighted by Crippen LogP contribution is 2.33. The molecule has 4 aromatic rings. The number of anilines is 2. The van der Waals surface area contributed by atoms with Crippen molar-refractivity contribution >= 4 is 44.2 Å². The van der Waals surface area contributed by atoms with Gasteiger partial charge in [-0.1, -0.05) is 29.5 Å². The molecule has 1 saturated heterocycles. The number of nitrogens with zero attached hydrogens (tertiary/aromatic N) is 3. The van der Waals surface area contributed by atoms with Gasteiger partial charge in [0.05, 0.1) is 28.2 Å². The number of aryl methyl sites for hydroxylation is 1. The number of rotatable bonds is 8. The van der Waals surface area contributed by atoms with Gasteiger partial charge < -0.3 is 20.7 Å². The molecule has 0 radical (unpaired) electrons. The van der Waals surface area contributed by atoms with E-state index in [0.717, 1.165) is 47.5 Å². The summed E-state index contributed by atoms with van der Waals surface area (Å²) < 4.78 is 7.10. The third kappa shape index (κ3) is 6.89. The summed E-state index contributed by atoms with van der Waals surface area (Å²) >= 11 is 1.40. The number of piperazine rings is 1. The van der Waals surface area contributed by atoms with Gasteiger partial charge in [0, 0.05) is 49.6 Å². The minimum atomic E-state index is -0.697. The average molecular weight is 569 g/mol. The van der Waals surface area contributed by atoms with Gasteiger partial charge in [0.1, 0.15) is 11.5 Å². The summed E-state index contributed by atoms with van der Waals surface area (Å²) in [6, 6.07) is 20.5. The number of benzene rings is 3. The second-order valence-electron chi connectivity index (χ2n) is 10.6. The van der Waals surface area contributed by atoms with Crippen LogP contribution >= 0.6 is 11.3 Å². The van der Waals surface area contributed by atoms with E-state index < -0.39 is 5.41 Å². The van der Waals surface area contributed by atoms with Crippen LogP contribution in [-0.4, -0.2) is 54.4 Å². The molecule has 0 aliphatic carbocycles. The van der Waals surface area contributed by atoms with Crippen molar-refractivity contribution in [3.05, 3.63) is 77.4 Å². The summed E-state index contributed by atoms with van der Waals surface area (Å²) in [5.41, 5.74) is 2.83. The highest BCUT2D eigenvalue weighted by atomic mass is 32.1. The second-order valence-corrected chi connectivity index (χ2v) is 11.6. The van der Waals surface area contributed by atoms with Crippen LogP contribution in [0, 0.1) is 18.3 Å². The summed E-state index contributed by atoms with van der Waals surface area (Å²) in [5.74, 6) is 0.888. The zero-order valence-electron chi connectivity index (χ0n) is 23.3. The standard InChI is InChI=1S/C31H32N6O3S/c1-20-7-8-23(34-29(39)21-5-4-6-22(15-21)31(2,3)19-32)16-26(20)40-24-9-10-25-27(17-24)41-30(35-25)36-28(38)18-37-13-11-33-12-14-37/h4-10,15-17,33H,11-14,18H2,1-3H3,(H,34,39)(H,35,36,38). The molecule has 41 heavy (non-hydrogen) atoms. The van der Waals surface area contributed by atoms with Gasteiger partial charge in [0.2, 0.25) is 5.91 Å². The first-order valence-electron chi connectivity index (χ1n) is 13.5. The van der Waals surface area contributed by atoms with E-state index in [0.29, 0.717) is 34.4 Å². The Morgan fingerprint density at radius 1 is 1.10 bits per heavy atom. The highest BCUT2D eigenvalue weighted by molar-refractivity contribution is 7.22. The van der Waals surface area contributed by atoms with Gasteiger partial charge in [-0.05, 0) is 62.2 Å². The molecule has 9 nitrogen and oxygen atoms in total. The quantitative estimate of drug-likeness (QED) is 0.264. The summed E-state index contributed by atoms with van der Waals surface area (Å²) in [6.07, 6.45) is 0. The van der Waals surface area contributed by atoms with Crippen LogP contribution in [0.5, 0.6) is 11.5 Å². The van der Waals surface area contributed by atoms with Crippen LogP contribution in [-0.2, 0) is 10.2 Å². The number of nitriles is 1. The molecule has 1 fully saturated rings. The van der Waals surface area contributed by atoms with Crippen molar-refractivity contribution in [3.63, 3.8) is 0 Å². The van der Waals surface area contributed by atoms with E-state index in [1.807, 2.05) is 57.2 Å². The van der Waals surface area contributed by atoms with Crippen LogP contribution in [0.15, 0.2) is 60.7 Å². The Balaban J connectivity index is 1.26. The van der Waals surface area contributed by atoms with Crippen molar-refractivity contribution in [2.45, 2.75) is 26.2 Å². The van der Waals surface area contributed by atoms with Gasteiger partial charge >= 0.3 is 0 Å². The SMILES string of the molecule is Cc1ccc(NC(=O)c2cccc(C(C)(C)C#N)c2)cc1Oc1ccc2nc(NC(=O)CN3CCNCC3)sc2c1. The van der Waals surface area contributed by atoms with Crippen LogP contribution < -0.4 is 20.7 Å². The number of thiazole rings is 1. The van der Waals surface area contributed by atoms with Crippen molar-refractivity contribution < 1.29 is 14.3 Å². The highest BCUT2D eigenvalue weighted by Gasteiger charge is 2.21. The summed E-state index contributed by atoms with van der Waals surface area (Å²) in [4.78, 5) is 32.2. The number of nitrogens with one attached hydrogen (secondary N) is 3. The molecule has 1 aromatic heterocycles. The third-order valence-electron chi connectivity index (χ3n) is 6.98. The molecule has 0 unspecified atom stereocenters. The maximum Gasteiger partial charge on any atom is 0.255 e. The fourth-order valence-corrected chi connectivity index (χ4v) is 5.40. The zero-order chi connectivity index (χ0) is 29.0. The number of aromatic nitrogens is 1. The van der Waals surface area contributed by atoms with Gasteiger partial charge in [0.25, 0.3) is 5.91 Å². The lowest BCUT2D eigenvalue weighted by Gasteiger charge is -2.26. The number of fused-ring (bicyclic) bond motifs is 1. The van der Waals surface area contributed by atoms with E-state index in [1.54, 1.807) is 24.3 Å². The zero-order valence-corrected chi connectivity index (χ0v) is 24.1. The molecule has 2 amide bonds. The van der Waals surface area contributed by atoms with Crippen molar-refractivity contribution in [2.24, 2.45) is 0 Å². The molecule has 0 bridgehead atoms. The summed E-state index contributed by atoms with van der Waals surface area (Å²) in [7, 11) is 0. The smallest absolute Gasteiger partial charge is 0.255 e. The van der Waals surface area contributed by atoms with Crippen LogP contribution in [0.1, 0.15) is 35.3 Å². The van der Waals surface area contributed by atoms with E-state index in [9.17, 15) is 14.9 Å². The van der Waals surface area contributed by atoms with Crippen LogP contribution in [0.2, 0.25) is 0 Å². The van der Waals surface area contributed by atoms with E-state index in [4.69, 9.17) is 4.74 Å². The lowest BCUT2D eigenvalue weighted by Crippen LogP contribution is -2.46. The first kappa shape index (κ1) is 28.2. The molecule has 210 valence electrons. The molecular weight excluding hydrogens is 536 g/mol. The normalized spacial score (nSPS) is 13.9. The summed E-state index contributed by atoms with van der Waals surface area (Å²) in [5, 5.41) is 19.1. The molecule has 0 spiro atoms.